The van der Waals surface area contributed by atoms with E-state index in [4.69, 9.17) is 4.74 Å². The van der Waals surface area contributed by atoms with Gasteiger partial charge in [0.15, 0.2) is 0 Å². The Kier molecular flexibility index (Phi) is 3.73. The van der Waals surface area contributed by atoms with Crippen LogP contribution >= 0.6 is 0 Å². The molecule has 1 aliphatic rings. The highest BCUT2D eigenvalue weighted by Gasteiger charge is 2.20. The van der Waals surface area contributed by atoms with Crippen LogP contribution in [0.5, 0.6) is 5.75 Å². The van der Waals surface area contributed by atoms with Crippen LogP contribution in [0.3, 0.4) is 0 Å². The topological polar surface area (TPSA) is 29.5 Å². The van der Waals surface area contributed by atoms with Crippen molar-refractivity contribution in [1.29, 1.82) is 0 Å². The lowest BCUT2D eigenvalue weighted by Gasteiger charge is -2.14. The largest absolute Gasteiger partial charge is 0.490 e. The molecule has 3 rings (SSSR count). The summed E-state index contributed by atoms with van der Waals surface area (Å²) in [4.78, 5) is 0. The minimum Gasteiger partial charge on any atom is -0.490 e. The van der Waals surface area contributed by atoms with Gasteiger partial charge in [0.2, 0.25) is 0 Å². The molecule has 110 valence electrons. The number of benzene rings is 2. The van der Waals surface area contributed by atoms with E-state index in [2.05, 4.69) is 45.0 Å². The van der Waals surface area contributed by atoms with Crippen molar-refractivity contribution < 1.29 is 9.84 Å². The number of fused-ring (bicyclic) bond motifs is 1. The van der Waals surface area contributed by atoms with Crippen molar-refractivity contribution in [1.82, 2.24) is 0 Å². The highest BCUT2D eigenvalue weighted by Crippen LogP contribution is 2.32. The Labute approximate surface area is 126 Å². The molecule has 0 aromatic heterocycles. The van der Waals surface area contributed by atoms with Gasteiger partial charge in [0.1, 0.15) is 11.9 Å². The predicted octanol–water partition coefficient (Wildman–Crippen LogP) is 3.90. The van der Waals surface area contributed by atoms with Crippen molar-refractivity contribution in [2.75, 3.05) is 0 Å². The van der Waals surface area contributed by atoms with E-state index in [1.807, 2.05) is 12.1 Å². The molecule has 0 spiro atoms. The maximum Gasteiger partial charge on any atom is 0.123 e. The lowest BCUT2D eigenvalue weighted by Crippen LogP contribution is -2.05. The molecule has 2 heteroatoms. The minimum atomic E-state index is -0.466. The third kappa shape index (κ3) is 2.96. The van der Waals surface area contributed by atoms with Crippen molar-refractivity contribution in [2.45, 2.75) is 45.8 Å². The van der Waals surface area contributed by atoms with Crippen molar-refractivity contribution in [3.8, 4) is 5.75 Å². The van der Waals surface area contributed by atoms with Crippen LogP contribution in [0.15, 0.2) is 36.4 Å². The van der Waals surface area contributed by atoms with Gasteiger partial charge in [-0.1, -0.05) is 29.8 Å². The zero-order valence-corrected chi connectivity index (χ0v) is 12.9. The van der Waals surface area contributed by atoms with Crippen LogP contribution in [-0.4, -0.2) is 11.2 Å². The Morgan fingerprint density at radius 2 is 2.00 bits per heavy atom. The molecule has 2 aromatic carbocycles. The summed E-state index contributed by atoms with van der Waals surface area (Å²) in [6, 6.07) is 12.5. The van der Waals surface area contributed by atoms with Crippen LogP contribution in [0.25, 0.3) is 0 Å². The number of aliphatic hydroxyl groups is 1. The quantitative estimate of drug-likeness (QED) is 0.925. The number of aryl methyl sites for hydroxylation is 2. The molecule has 1 N–H and O–H groups in total. The number of hydrogen-bond donors (Lipinski definition) is 1. The van der Waals surface area contributed by atoms with E-state index in [0.717, 1.165) is 17.7 Å². The van der Waals surface area contributed by atoms with Crippen molar-refractivity contribution in [3.05, 3.63) is 64.2 Å². The van der Waals surface area contributed by atoms with Gasteiger partial charge in [-0.15, -0.1) is 0 Å². The maximum atomic E-state index is 10.5. The van der Waals surface area contributed by atoms with Gasteiger partial charge in [-0.2, -0.15) is 0 Å². The molecule has 0 fully saturated rings. The average Bonchev–Trinajstić information content (AvgIpc) is 2.81. The fourth-order valence-electron chi connectivity index (χ4n) is 3.00. The van der Waals surface area contributed by atoms with E-state index in [0.29, 0.717) is 6.42 Å². The molecule has 2 unspecified atom stereocenters. The Morgan fingerprint density at radius 3 is 2.81 bits per heavy atom. The number of hydrogen-bond acceptors (Lipinski definition) is 2. The standard InChI is InChI=1S/C19H22O2/c1-12-4-5-13(2)16(8-12)11-18(20)15-6-7-19-17(10-15)9-14(3)21-19/h4-8,10,14,18,20H,9,11H2,1-3H3. The molecule has 1 heterocycles. The first-order valence-corrected chi connectivity index (χ1v) is 7.56. The second-order valence-corrected chi connectivity index (χ2v) is 6.15. The predicted molar refractivity (Wildman–Crippen MR) is 84.8 cm³/mol. The Morgan fingerprint density at radius 1 is 1.19 bits per heavy atom. The molecule has 0 aliphatic carbocycles. The third-order valence-corrected chi connectivity index (χ3v) is 4.22. The van der Waals surface area contributed by atoms with E-state index in [1.54, 1.807) is 0 Å². The highest BCUT2D eigenvalue weighted by atomic mass is 16.5. The van der Waals surface area contributed by atoms with Crippen LogP contribution in [0, 0.1) is 13.8 Å². The number of ether oxygens (including phenoxy) is 1. The monoisotopic (exact) mass is 282 g/mol. The van der Waals surface area contributed by atoms with Gasteiger partial charge in [-0.25, -0.2) is 0 Å². The first-order chi connectivity index (χ1) is 10.0. The molecule has 0 bridgehead atoms. The Balaban J connectivity index is 1.81. The summed E-state index contributed by atoms with van der Waals surface area (Å²) >= 11 is 0. The van der Waals surface area contributed by atoms with Gasteiger partial charge < -0.3 is 9.84 Å². The number of aliphatic hydroxyl groups excluding tert-OH is 1. The van der Waals surface area contributed by atoms with E-state index in [-0.39, 0.29) is 6.10 Å². The van der Waals surface area contributed by atoms with Crippen LogP contribution in [0.2, 0.25) is 0 Å². The van der Waals surface area contributed by atoms with Gasteiger partial charge in [0, 0.05) is 12.8 Å². The highest BCUT2D eigenvalue weighted by molar-refractivity contribution is 5.42. The number of rotatable bonds is 3. The summed E-state index contributed by atoms with van der Waals surface area (Å²) in [7, 11) is 0. The first-order valence-electron chi connectivity index (χ1n) is 7.56. The molecular formula is C19H22O2. The molecule has 2 aromatic rings. The Bertz CT molecular complexity index is 661. The normalized spacial score (nSPS) is 18.2. The molecule has 0 radical (unpaired) electrons. The summed E-state index contributed by atoms with van der Waals surface area (Å²) in [6.07, 6.45) is 1.36. The van der Waals surface area contributed by atoms with Gasteiger partial charge in [-0.05, 0) is 55.2 Å². The molecule has 2 nitrogen and oxygen atoms in total. The van der Waals surface area contributed by atoms with Crippen molar-refractivity contribution in [2.24, 2.45) is 0 Å². The van der Waals surface area contributed by atoms with Crippen molar-refractivity contribution >= 4 is 0 Å². The lowest BCUT2D eigenvalue weighted by molar-refractivity contribution is 0.178. The second kappa shape index (κ2) is 5.53. The van der Waals surface area contributed by atoms with E-state index in [1.165, 1.54) is 22.3 Å². The van der Waals surface area contributed by atoms with Crippen LogP contribution in [-0.2, 0) is 12.8 Å². The van der Waals surface area contributed by atoms with E-state index >= 15 is 0 Å². The summed E-state index contributed by atoms with van der Waals surface area (Å²) in [5.74, 6) is 0.963. The SMILES string of the molecule is Cc1ccc(C)c(CC(O)c2ccc3c(c2)CC(C)O3)c1. The van der Waals surface area contributed by atoms with Gasteiger partial charge >= 0.3 is 0 Å². The van der Waals surface area contributed by atoms with Gasteiger partial charge in [0.25, 0.3) is 0 Å². The minimum absolute atomic E-state index is 0.242. The fourth-order valence-corrected chi connectivity index (χ4v) is 3.00. The average molecular weight is 282 g/mol. The van der Waals surface area contributed by atoms with Crippen molar-refractivity contribution in [3.63, 3.8) is 0 Å². The molecule has 0 amide bonds. The summed E-state index contributed by atoms with van der Waals surface area (Å²) in [6.45, 7) is 6.26. The van der Waals surface area contributed by atoms with Crippen LogP contribution < -0.4 is 4.74 Å². The fraction of sp³-hybridized carbons (Fsp3) is 0.368. The zero-order valence-electron chi connectivity index (χ0n) is 12.9. The lowest BCUT2D eigenvalue weighted by atomic mass is 9.95. The van der Waals surface area contributed by atoms with E-state index in [9.17, 15) is 5.11 Å². The third-order valence-electron chi connectivity index (χ3n) is 4.22. The molecule has 21 heavy (non-hydrogen) atoms. The first kappa shape index (κ1) is 14.2. The molecule has 2 atom stereocenters. The van der Waals surface area contributed by atoms with E-state index < -0.39 is 6.10 Å². The molecular weight excluding hydrogens is 260 g/mol. The molecule has 1 aliphatic heterocycles. The smallest absolute Gasteiger partial charge is 0.123 e. The molecule has 0 saturated heterocycles. The summed E-state index contributed by atoms with van der Waals surface area (Å²) in [5.41, 5.74) is 5.87. The molecule has 0 saturated carbocycles. The zero-order chi connectivity index (χ0) is 15.0. The van der Waals surface area contributed by atoms with Crippen LogP contribution in [0.4, 0.5) is 0 Å². The van der Waals surface area contributed by atoms with Gasteiger partial charge in [-0.3, -0.25) is 0 Å². The van der Waals surface area contributed by atoms with Gasteiger partial charge in [0.05, 0.1) is 6.10 Å². The second-order valence-electron chi connectivity index (χ2n) is 6.15. The maximum absolute atomic E-state index is 10.5. The Hall–Kier alpha value is -1.80. The summed E-state index contributed by atoms with van der Waals surface area (Å²) in [5, 5.41) is 10.5. The summed E-state index contributed by atoms with van der Waals surface area (Å²) < 4.78 is 5.71. The van der Waals surface area contributed by atoms with Crippen LogP contribution in [0.1, 0.15) is 40.8 Å².